The Kier molecular flexibility index (Phi) is 6.26. The molecule has 2 aromatic carbocycles. The topological polar surface area (TPSA) is 84.5 Å². The van der Waals surface area contributed by atoms with Crippen molar-refractivity contribution in [3.8, 4) is 5.75 Å². The van der Waals surface area contributed by atoms with E-state index in [-0.39, 0.29) is 11.9 Å². The molecule has 0 saturated heterocycles. The Morgan fingerprint density at radius 3 is 2.35 bits per heavy atom. The number of carbonyl (C=O) groups is 1. The van der Waals surface area contributed by atoms with Gasteiger partial charge in [0.1, 0.15) is 12.4 Å². The summed E-state index contributed by atoms with van der Waals surface area (Å²) >= 11 is 0. The molecule has 0 heterocycles. The van der Waals surface area contributed by atoms with Crippen LogP contribution in [-0.2, 0) is 10.0 Å². The number of hydrogen-bond donors (Lipinski definition) is 2. The number of rotatable bonds is 7. The number of anilines is 1. The highest BCUT2D eigenvalue weighted by Crippen LogP contribution is 2.18. The molecule has 1 atom stereocenters. The van der Waals surface area contributed by atoms with Crippen LogP contribution in [0.4, 0.5) is 5.69 Å². The molecule has 0 spiro atoms. The Labute approximate surface area is 154 Å². The number of amides is 1. The molecule has 1 amide bonds. The van der Waals surface area contributed by atoms with Crippen LogP contribution < -0.4 is 14.8 Å². The molecule has 0 saturated carbocycles. The van der Waals surface area contributed by atoms with Gasteiger partial charge in [-0.1, -0.05) is 17.7 Å². The Morgan fingerprint density at radius 2 is 1.77 bits per heavy atom. The number of hydrogen-bond acceptors (Lipinski definition) is 4. The fourth-order valence-electron chi connectivity index (χ4n) is 2.32. The van der Waals surface area contributed by atoms with Crippen molar-refractivity contribution in [2.75, 3.05) is 17.6 Å². The van der Waals surface area contributed by atoms with Crippen molar-refractivity contribution in [1.29, 1.82) is 0 Å². The van der Waals surface area contributed by atoms with Crippen LogP contribution in [0.5, 0.6) is 5.75 Å². The van der Waals surface area contributed by atoms with Gasteiger partial charge in [-0.15, -0.1) is 0 Å². The zero-order valence-electron chi connectivity index (χ0n) is 15.4. The summed E-state index contributed by atoms with van der Waals surface area (Å²) in [4.78, 5) is 12.4. The van der Waals surface area contributed by atoms with Crippen molar-refractivity contribution in [3.63, 3.8) is 0 Å². The predicted octanol–water partition coefficient (Wildman–Crippen LogP) is 2.87. The van der Waals surface area contributed by atoms with Crippen LogP contribution in [0.3, 0.4) is 0 Å². The first kappa shape index (κ1) is 19.8. The number of ether oxygens (including phenoxy) is 1. The molecule has 140 valence electrons. The van der Waals surface area contributed by atoms with Crippen LogP contribution in [0.15, 0.2) is 42.5 Å². The van der Waals surface area contributed by atoms with E-state index in [2.05, 4.69) is 10.0 Å². The maximum atomic E-state index is 12.4. The molecule has 26 heavy (non-hydrogen) atoms. The van der Waals surface area contributed by atoms with Gasteiger partial charge in [0.15, 0.2) is 0 Å². The van der Waals surface area contributed by atoms with Gasteiger partial charge in [-0.3, -0.25) is 9.52 Å². The lowest BCUT2D eigenvalue weighted by Crippen LogP contribution is -2.36. The van der Waals surface area contributed by atoms with Gasteiger partial charge in [0, 0.05) is 5.56 Å². The van der Waals surface area contributed by atoms with E-state index < -0.39 is 10.0 Å². The smallest absolute Gasteiger partial charge is 0.251 e. The van der Waals surface area contributed by atoms with Gasteiger partial charge in [-0.05, 0) is 56.7 Å². The summed E-state index contributed by atoms with van der Waals surface area (Å²) < 4.78 is 30.7. The van der Waals surface area contributed by atoms with Crippen LogP contribution in [0, 0.1) is 13.8 Å². The average Bonchev–Trinajstić information content (AvgIpc) is 2.55. The largest absolute Gasteiger partial charge is 0.491 e. The molecule has 0 aliphatic carbocycles. The maximum absolute atomic E-state index is 12.4. The highest BCUT2D eigenvalue weighted by Gasteiger charge is 2.13. The fourth-order valence-corrected chi connectivity index (χ4v) is 2.95. The van der Waals surface area contributed by atoms with E-state index in [0.29, 0.717) is 23.4 Å². The standard InChI is InChI=1S/C19H24N2O4S/c1-13-5-8-17(9-6-13)25-12-15(3)20-19(22)16-7-10-18(14(2)11-16)21-26(4,23)24/h5-11,15,21H,12H2,1-4H3,(H,20,22)/t15-/m1/s1. The summed E-state index contributed by atoms with van der Waals surface area (Å²) in [5, 5.41) is 2.87. The third-order valence-electron chi connectivity index (χ3n) is 3.68. The van der Waals surface area contributed by atoms with Crippen molar-refractivity contribution in [2.24, 2.45) is 0 Å². The summed E-state index contributed by atoms with van der Waals surface area (Å²) in [6.07, 6.45) is 1.09. The SMILES string of the molecule is Cc1ccc(OC[C@@H](C)NC(=O)c2ccc(NS(C)(=O)=O)c(C)c2)cc1. The molecular formula is C19H24N2O4S. The summed E-state index contributed by atoms with van der Waals surface area (Å²) in [7, 11) is -3.36. The first-order chi connectivity index (χ1) is 12.1. The van der Waals surface area contributed by atoms with Crippen molar-refractivity contribution in [1.82, 2.24) is 5.32 Å². The van der Waals surface area contributed by atoms with Crippen molar-refractivity contribution in [2.45, 2.75) is 26.8 Å². The van der Waals surface area contributed by atoms with E-state index in [0.717, 1.165) is 17.6 Å². The number of carbonyl (C=O) groups excluding carboxylic acids is 1. The number of sulfonamides is 1. The van der Waals surface area contributed by atoms with E-state index in [1.54, 1.807) is 25.1 Å². The number of aryl methyl sites for hydroxylation is 2. The van der Waals surface area contributed by atoms with Crippen molar-refractivity contribution in [3.05, 3.63) is 59.2 Å². The molecule has 2 rings (SSSR count). The molecule has 6 nitrogen and oxygen atoms in total. The number of benzene rings is 2. The lowest BCUT2D eigenvalue weighted by molar-refractivity contribution is 0.0926. The zero-order valence-corrected chi connectivity index (χ0v) is 16.2. The van der Waals surface area contributed by atoms with Crippen LogP contribution >= 0.6 is 0 Å². The third kappa shape index (κ3) is 6.07. The zero-order chi connectivity index (χ0) is 19.3. The molecule has 0 fully saturated rings. The normalized spacial score (nSPS) is 12.3. The minimum atomic E-state index is -3.36. The van der Waals surface area contributed by atoms with Crippen LogP contribution in [-0.4, -0.2) is 33.2 Å². The highest BCUT2D eigenvalue weighted by molar-refractivity contribution is 7.92. The van der Waals surface area contributed by atoms with Crippen LogP contribution in [0.1, 0.15) is 28.4 Å². The lowest BCUT2D eigenvalue weighted by Gasteiger charge is -2.16. The van der Waals surface area contributed by atoms with E-state index in [4.69, 9.17) is 4.74 Å². The summed E-state index contributed by atoms with van der Waals surface area (Å²) in [5.74, 6) is 0.516. The third-order valence-corrected chi connectivity index (χ3v) is 4.27. The second kappa shape index (κ2) is 8.23. The van der Waals surface area contributed by atoms with Gasteiger partial charge < -0.3 is 10.1 Å². The Morgan fingerprint density at radius 1 is 1.12 bits per heavy atom. The van der Waals surface area contributed by atoms with E-state index in [9.17, 15) is 13.2 Å². The molecule has 0 aliphatic heterocycles. The van der Waals surface area contributed by atoms with Gasteiger partial charge in [0.05, 0.1) is 18.0 Å². The second-order valence-corrected chi connectivity index (χ2v) is 8.15. The lowest BCUT2D eigenvalue weighted by atomic mass is 10.1. The Hall–Kier alpha value is -2.54. The van der Waals surface area contributed by atoms with Crippen LogP contribution in [0.25, 0.3) is 0 Å². The quantitative estimate of drug-likeness (QED) is 0.778. The first-order valence-corrected chi connectivity index (χ1v) is 10.1. The van der Waals surface area contributed by atoms with E-state index in [1.807, 2.05) is 38.1 Å². The highest BCUT2D eigenvalue weighted by atomic mass is 32.2. The van der Waals surface area contributed by atoms with Gasteiger partial charge >= 0.3 is 0 Å². The predicted molar refractivity (Wildman–Crippen MR) is 103 cm³/mol. The van der Waals surface area contributed by atoms with Gasteiger partial charge in [0.2, 0.25) is 10.0 Å². The maximum Gasteiger partial charge on any atom is 0.251 e. The molecule has 0 aliphatic rings. The molecule has 2 N–H and O–H groups in total. The van der Waals surface area contributed by atoms with Crippen molar-refractivity contribution < 1.29 is 17.9 Å². The minimum Gasteiger partial charge on any atom is -0.491 e. The molecular weight excluding hydrogens is 352 g/mol. The first-order valence-electron chi connectivity index (χ1n) is 8.23. The molecule has 0 unspecified atom stereocenters. The average molecular weight is 376 g/mol. The Bertz CT molecular complexity index is 877. The molecule has 0 bridgehead atoms. The second-order valence-electron chi connectivity index (χ2n) is 6.40. The molecule has 0 radical (unpaired) electrons. The van der Waals surface area contributed by atoms with Gasteiger partial charge in [-0.25, -0.2) is 8.42 Å². The van der Waals surface area contributed by atoms with Gasteiger partial charge in [-0.2, -0.15) is 0 Å². The number of nitrogens with one attached hydrogen (secondary N) is 2. The monoisotopic (exact) mass is 376 g/mol. The van der Waals surface area contributed by atoms with Crippen LogP contribution in [0.2, 0.25) is 0 Å². The molecule has 0 aromatic heterocycles. The fraction of sp³-hybridized carbons (Fsp3) is 0.316. The summed E-state index contributed by atoms with van der Waals surface area (Å²) in [6, 6.07) is 12.3. The van der Waals surface area contributed by atoms with Gasteiger partial charge in [0.25, 0.3) is 5.91 Å². The molecule has 7 heteroatoms. The molecule has 2 aromatic rings. The summed E-state index contributed by atoms with van der Waals surface area (Å²) in [5.41, 5.74) is 2.75. The van der Waals surface area contributed by atoms with E-state index in [1.165, 1.54) is 0 Å². The van der Waals surface area contributed by atoms with E-state index >= 15 is 0 Å². The minimum absolute atomic E-state index is 0.182. The summed E-state index contributed by atoms with van der Waals surface area (Å²) in [6.45, 7) is 5.96. The Balaban J connectivity index is 1.94. The van der Waals surface area contributed by atoms with Crippen molar-refractivity contribution >= 4 is 21.6 Å².